The van der Waals surface area contributed by atoms with E-state index in [9.17, 15) is 9.59 Å². The van der Waals surface area contributed by atoms with Crippen molar-refractivity contribution >= 4 is 11.9 Å². The van der Waals surface area contributed by atoms with Crippen LogP contribution >= 0.6 is 0 Å². The van der Waals surface area contributed by atoms with Crippen molar-refractivity contribution in [2.75, 3.05) is 26.3 Å². The van der Waals surface area contributed by atoms with Gasteiger partial charge in [-0.1, -0.05) is 18.2 Å². The number of benzene rings is 1. The molecule has 2 heterocycles. The summed E-state index contributed by atoms with van der Waals surface area (Å²) in [7, 11) is 0. The molecule has 1 saturated heterocycles. The zero-order chi connectivity index (χ0) is 18.0. The topological polar surface area (TPSA) is 67.9 Å². The van der Waals surface area contributed by atoms with E-state index >= 15 is 0 Å². The first kappa shape index (κ1) is 17.9. The molecule has 6 heteroatoms. The number of rotatable bonds is 4. The number of hydrogen-bond acceptors (Lipinski definition) is 5. The van der Waals surface area contributed by atoms with Gasteiger partial charge in [-0.05, 0) is 32.4 Å². The fourth-order valence-corrected chi connectivity index (χ4v) is 3.60. The van der Waals surface area contributed by atoms with E-state index in [2.05, 4.69) is 24.1 Å². The maximum atomic E-state index is 12.7. The lowest BCUT2D eigenvalue weighted by molar-refractivity contribution is -0.140. The molecule has 0 saturated carbocycles. The number of hydrogen-bond donors (Lipinski definition) is 1. The highest BCUT2D eigenvalue weighted by molar-refractivity contribution is 5.97. The quantitative estimate of drug-likeness (QED) is 0.835. The molecule has 1 N–H and O–H groups in total. The molecule has 2 aliphatic rings. The fourth-order valence-electron chi connectivity index (χ4n) is 3.60. The largest absolute Gasteiger partial charge is 0.445 e. The molecule has 1 fully saturated rings. The van der Waals surface area contributed by atoms with Gasteiger partial charge >= 0.3 is 5.97 Å². The van der Waals surface area contributed by atoms with Crippen molar-refractivity contribution in [1.29, 1.82) is 0 Å². The maximum Gasteiger partial charge on any atom is 0.339 e. The summed E-state index contributed by atoms with van der Waals surface area (Å²) in [5.74, 6) is -0.683. The summed E-state index contributed by atoms with van der Waals surface area (Å²) in [5, 5.41) is 2.96. The standard InChI is InChI=1S/C19H26N2O4/c1-13(21-8-9-24-12-14(21)2)11-20-18(23)19(3)10-15-6-4-5-7-16(15)17(22)25-19/h4-7,13-14H,8-12H2,1-3H3,(H,20,23). The number of fused-ring (bicyclic) bond motifs is 1. The molecular weight excluding hydrogens is 320 g/mol. The number of carbonyl (C=O) groups excluding carboxylic acids is 2. The smallest absolute Gasteiger partial charge is 0.339 e. The molecule has 0 radical (unpaired) electrons. The molecular formula is C19H26N2O4. The van der Waals surface area contributed by atoms with E-state index in [0.29, 0.717) is 31.2 Å². The molecule has 1 aromatic rings. The lowest BCUT2D eigenvalue weighted by atomic mass is 9.89. The highest BCUT2D eigenvalue weighted by Gasteiger charge is 2.42. The molecule has 3 atom stereocenters. The van der Waals surface area contributed by atoms with Gasteiger partial charge in [-0.2, -0.15) is 0 Å². The number of cyclic esters (lactones) is 1. The number of nitrogens with one attached hydrogen (secondary N) is 1. The minimum atomic E-state index is -1.16. The van der Waals surface area contributed by atoms with Crippen LogP contribution in [-0.2, 0) is 20.7 Å². The van der Waals surface area contributed by atoms with Gasteiger partial charge in [0.1, 0.15) is 0 Å². The van der Waals surface area contributed by atoms with E-state index in [1.807, 2.05) is 12.1 Å². The van der Waals surface area contributed by atoms with Gasteiger partial charge in [0.15, 0.2) is 5.60 Å². The predicted molar refractivity (Wildman–Crippen MR) is 93.4 cm³/mol. The molecule has 1 aromatic carbocycles. The normalized spacial score (nSPS) is 28.0. The van der Waals surface area contributed by atoms with Gasteiger partial charge in [-0.25, -0.2) is 4.79 Å². The summed E-state index contributed by atoms with van der Waals surface area (Å²) in [6.45, 7) is 8.69. The average molecular weight is 346 g/mol. The van der Waals surface area contributed by atoms with Gasteiger partial charge < -0.3 is 14.8 Å². The van der Waals surface area contributed by atoms with Crippen LogP contribution in [0.2, 0.25) is 0 Å². The summed E-state index contributed by atoms with van der Waals surface area (Å²) in [4.78, 5) is 27.2. The molecule has 2 aliphatic heterocycles. The zero-order valence-electron chi connectivity index (χ0n) is 15.1. The van der Waals surface area contributed by atoms with Crippen LogP contribution in [0.15, 0.2) is 24.3 Å². The number of amides is 1. The van der Waals surface area contributed by atoms with Gasteiger partial charge in [-0.15, -0.1) is 0 Å². The maximum absolute atomic E-state index is 12.7. The van der Waals surface area contributed by atoms with Crippen LogP contribution in [0.3, 0.4) is 0 Å². The molecule has 0 aliphatic carbocycles. The third-order valence-corrected chi connectivity index (χ3v) is 5.11. The van der Waals surface area contributed by atoms with Crippen LogP contribution in [0.5, 0.6) is 0 Å². The van der Waals surface area contributed by atoms with Gasteiger partial charge in [-0.3, -0.25) is 9.69 Å². The van der Waals surface area contributed by atoms with Crippen molar-refractivity contribution in [3.05, 3.63) is 35.4 Å². The number of carbonyl (C=O) groups is 2. The summed E-state index contributed by atoms with van der Waals surface area (Å²) in [6, 6.07) is 7.80. The Hall–Kier alpha value is -1.92. The lowest BCUT2D eigenvalue weighted by Gasteiger charge is -2.38. The second-order valence-corrected chi connectivity index (χ2v) is 7.18. The average Bonchev–Trinajstić information content (AvgIpc) is 2.59. The lowest BCUT2D eigenvalue weighted by Crippen LogP contribution is -2.56. The molecule has 25 heavy (non-hydrogen) atoms. The van der Waals surface area contributed by atoms with Gasteiger partial charge in [0.2, 0.25) is 0 Å². The summed E-state index contributed by atoms with van der Waals surface area (Å²) >= 11 is 0. The monoisotopic (exact) mass is 346 g/mol. The Labute approximate surface area is 148 Å². The van der Waals surface area contributed by atoms with E-state index in [-0.39, 0.29) is 11.9 Å². The first-order valence-electron chi connectivity index (χ1n) is 8.84. The van der Waals surface area contributed by atoms with Gasteiger partial charge in [0.25, 0.3) is 5.91 Å². The molecule has 6 nitrogen and oxygen atoms in total. The minimum absolute atomic E-state index is 0.193. The fraction of sp³-hybridized carbons (Fsp3) is 0.579. The van der Waals surface area contributed by atoms with Crippen LogP contribution in [0.25, 0.3) is 0 Å². The molecule has 136 valence electrons. The third kappa shape index (κ3) is 3.70. The molecule has 0 spiro atoms. The highest BCUT2D eigenvalue weighted by Crippen LogP contribution is 2.28. The molecule has 3 unspecified atom stereocenters. The summed E-state index contributed by atoms with van der Waals surface area (Å²) in [5.41, 5.74) is 0.233. The molecule has 1 amide bonds. The van der Waals surface area contributed by atoms with Crippen LogP contribution in [0.4, 0.5) is 0 Å². The molecule has 3 rings (SSSR count). The number of morpholine rings is 1. The van der Waals surface area contributed by atoms with E-state index in [4.69, 9.17) is 9.47 Å². The predicted octanol–water partition coefficient (Wildman–Crippen LogP) is 1.38. The Balaban J connectivity index is 1.62. The minimum Gasteiger partial charge on any atom is -0.445 e. The Morgan fingerprint density at radius 2 is 2.20 bits per heavy atom. The van der Waals surface area contributed by atoms with Crippen LogP contribution in [0, 0.1) is 0 Å². The van der Waals surface area contributed by atoms with Crippen molar-refractivity contribution in [3.63, 3.8) is 0 Å². The SMILES string of the molecule is CC(CNC(=O)C1(C)Cc2ccccc2C(=O)O1)N1CCOCC1C. The highest BCUT2D eigenvalue weighted by atomic mass is 16.6. The van der Waals surface area contributed by atoms with E-state index in [1.54, 1.807) is 19.1 Å². The van der Waals surface area contributed by atoms with Crippen LogP contribution < -0.4 is 5.32 Å². The summed E-state index contributed by atoms with van der Waals surface area (Å²) in [6.07, 6.45) is 0.392. The van der Waals surface area contributed by atoms with Crippen molar-refractivity contribution in [3.8, 4) is 0 Å². The van der Waals surface area contributed by atoms with Crippen molar-refractivity contribution in [1.82, 2.24) is 10.2 Å². The Bertz CT molecular complexity index is 663. The Morgan fingerprint density at radius 3 is 2.96 bits per heavy atom. The Kier molecular flexibility index (Phi) is 5.11. The molecule has 0 bridgehead atoms. The van der Waals surface area contributed by atoms with Crippen molar-refractivity contribution in [2.45, 2.75) is 44.9 Å². The molecule has 0 aromatic heterocycles. The Morgan fingerprint density at radius 1 is 1.44 bits per heavy atom. The summed E-state index contributed by atoms with van der Waals surface area (Å²) < 4.78 is 10.9. The van der Waals surface area contributed by atoms with E-state index < -0.39 is 11.6 Å². The number of nitrogens with zero attached hydrogens (tertiary/aromatic N) is 1. The first-order valence-corrected chi connectivity index (χ1v) is 8.84. The second-order valence-electron chi connectivity index (χ2n) is 7.18. The van der Waals surface area contributed by atoms with Crippen LogP contribution in [-0.4, -0.2) is 60.8 Å². The number of esters is 1. The van der Waals surface area contributed by atoms with Crippen molar-refractivity contribution in [2.24, 2.45) is 0 Å². The van der Waals surface area contributed by atoms with E-state index in [0.717, 1.165) is 18.7 Å². The number of ether oxygens (including phenoxy) is 2. The second kappa shape index (κ2) is 7.14. The third-order valence-electron chi connectivity index (χ3n) is 5.11. The van der Waals surface area contributed by atoms with Gasteiger partial charge in [0.05, 0.1) is 18.8 Å². The van der Waals surface area contributed by atoms with E-state index in [1.165, 1.54) is 0 Å². The zero-order valence-corrected chi connectivity index (χ0v) is 15.1. The van der Waals surface area contributed by atoms with Crippen molar-refractivity contribution < 1.29 is 19.1 Å². The van der Waals surface area contributed by atoms with Crippen LogP contribution in [0.1, 0.15) is 36.7 Å². The first-order chi connectivity index (χ1) is 11.9. The van der Waals surface area contributed by atoms with Gasteiger partial charge in [0, 0.05) is 31.6 Å².